The van der Waals surface area contributed by atoms with Gasteiger partial charge in [-0.2, -0.15) is 0 Å². The Kier molecular flexibility index (Phi) is 5.20. The Morgan fingerprint density at radius 3 is 2.47 bits per heavy atom. The highest BCUT2D eigenvalue weighted by Gasteiger charge is 2.20. The number of carboxylic acid groups (broad SMARTS) is 1. The number of carbonyl (C=O) groups is 1. The van der Waals surface area contributed by atoms with Gasteiger partial charge in [0.1, 0.15) is 0 Å². The molecular weight excluding hydrogens is 212 g/mol. The van der Waals surface area contributed by atoms with E-state index in [1.54, 1.807) is 0 Å². The van der Waals surface area contributed by atoms with E-state index in [0.717, 1.165) is 19.3 Å². The maximum absolute atomic E-state index is 11.1. The molecule has 1 atom stereocenters. The fourth-order valence-corrected chi connectivity index (χ4v) is 2.14. The van der Waals surface area contributed by atoms with Gasteiger partial charge in [0.2, 0.25) is 0 Å². The first-order valence-corrected chi connectivity index (χ1v) is 6.29. The monoisotopic (exact) mass is 234 g/mol. The summed E-state index contributed by atoms with van der Waals surface area (Å²) in [4.78, 5) is 11.1. The van der Waals surface area contributed by atoms with Gasteiger partial charge in [0.15, 0.2) is 0 Å². The molecule has 0 saturated heterocycles. The minimum absolute atomic E-state index is 0.209. The van der Waals surface area contributed by atoms with E-state index in [2.05, 4.69) is 19.1 Å². The molecule has 0 bridgehead atoms. The van der Waals surface area contributed by atoms with Crippen LogP contribution >= 0.6 is 0 Å². The van der Waals surface area contributed by atoms with Crippen LogP contribution in [0.15, 0.2) is 24.3 Å². The molecule has 1 N–H and O–H groups in total. The van der Waals surface area contributed by atoms with Crippen molar-refractivity contribution < 1.29 is 9.90 Å². The summed E-state index contributed by atoms with van der Waals surface area (Å²) in [5.74, 6) is -0.659. The topological polar surface area (TPSA) is 37.3 Å². The molecule has 0 aliphatic heterocycles. The predicted molar refractivity (Wildman–Crippen MR) is 70.1 cm³/mol. The Morgan fingerprint density at radius 1 is 1.29 bits per heavy atom. The van der Waals surface area contributed by atoms with Crippen molar-refractivity contribution in [2.45, 2.75) is 40.0 Å². The fraction of sp³-hybridized carbons (Fsp3) is 0.533. The lowest BCUT2D eigenvalue weighted by Gasteiger charge is -2.16. The summed E-state index contributed by atoms with van der Waals surface area (Å²) < 4.78 is 0. The molecule has 94 valence electrons. The molecule has 0 aliphatic rings. The van der Waals surface area contributed by atoms with Crippen molar-refractivity contribution in [3.8, 4) is 0 Å². The number of aryl methyl sites for hydroxylation is 2. The Labute approximate surface area is 104 Å². The molecule has 0 fully saturated rings. The molecule has 0 heterocycles. The second kappa shape index (κ2) is 6.43. The van der Waals surface area contributed by atoms with Crippen molar-refractivity contribution in [2.75, 3.05) is 0 Å². The van der Waals surface area contributed by atoms with Crippen LogP contribution in [0, 0.1) is 18.8 Å². The summed E-state index contributed by atoms with van der Waals surface area (Å²) in [5.41, 5.74) is 2.63. The van der Waals surface area contributed by atoms with Crippen LogP contribution in [0.4, 0.5) is 0 Å². The van der Waals surface area contributed by atoms with E-state index in [1.165, 1.54) is 11.1 Å². The van der Waals surface area contributed by atoms with Crippen molar-refractivity contribution in [1.82, 2.24) is 0 Å². The second-order valence-corrected chi connectivity index (χ2v) is 5.01. The Hall–Kier alpha value is -1.31. The lowest BCUT2D eigenvalue weighted by atomic mass is 9.89. The number of carboxylic acids is 1. The summed E-state index contributed by atoms with van der Waals surface area (Å²) in [6.07, 6.45) is 2.69. The molecule has 0 spiro atoms. The Bertz CT molecular complexity index is 369. The van der Waals surface area contributed by atoms with Gasteiger partial charge < -0.3 is 5.11 Å². The van der Waals surface area contributed by atoms with Gasteiger partial charge in [-0.15, -0.1) is 0 Å². The van der Waals surface area contributed by atoms with Gasteiger partial charge in [-0.05, 0) is 43.2 Å². The minimum atomic E-state index is -0.662. The summed E-state index contributed by atoms with van der Waals surface area (Å²) in [6.45, 7) is 6.06. The lowest BCUT2D eigenvalue weighted by molar-refractivity contribution is -0.143. The molecule has 0 saturated carbocycles. The molecular formula is C15H22O2. The molecule has 0 radical (unpaired) electrons. The average Bonchev–Trinajstić information content (AvgIpc) is 2.25. The van der Waals surface area contributed by atoms with Crippen LogP contribution in [0.2, 0.25) is 0 Å². The Morgan fingerprint density at radius 2 is 1.94 bits per heavy atom. The zero-order valence-electron chi connectivity index (χ0n) is 10.9. The van der Waals surface area contributed by atoms with Crippen LogP contribution in [-0.4, -0.2) is 11.1 Å². The van der Waals surface area contributed by atoms with E-state index in [0.29, 0.717) is 0 Å². The fourth-order valence-electron chi connectivity index (χ4n) is 2.14. The van der Waals surface area contributed by atoms with Crippen molar-refractivity contribution in [3.63, 3.8) is 0 Å². The van der Waals surface area contributed by atoms with Crippen molar-refractivity contribution in [1.29, 1.82) is 0 Å². The minimum Gasteiger partial charge on any atom is -0.481 e. The third kappa shape index (κ3) is 4.22. The molecule has 2 nitrogen and oxygen atoms in total. The van der Waals surface area contributed by atoms with Gasteiger partial charge in [0.25, 0.3) is 0 Å². The number of rotatable bonds is 6. The number of aliphatic carboxylic acids is 1. The SMILES string of the molecule is Cc1ccccc1CCCC(C(=O)O)C(C)C. The van der Waals surface area contributed by atoms with Gasteiger partial charge in [0, 0.05) is 0 Å². The third-order valence-corrected chi connectivity index (χ3v) is 3.34. The highest BCUT2D eigenvalue weighted by molar-refractivity contribution is 5.70. The standard InChI is InChI=1S/C15H22O2/c1-11(2)14(15(16)17)10-6-9-13-8-5-4-7-12(13)3/h4-5,7-8,11,14H,6,9-10H2,1-3H3,(H,16,17). The van der Waals surface area contributed by atoms with Crippen LogP contribution in [0.1, 0.15) is 37.8 Å². The van der Waals surface area contributed by atoms with E-state index in [4.69, 9.17) is 5.11 Å². The summed E-state index contributed by atoms with van der Waals surface area (Å²) in [5, 5.41) is 9.10. The summed E-state index contributed by atoms with van der Waals surface area (Å²) >= 11 is 0. The van der Waals surface area contributed by atoms with Crippen LogP contribution in [-0.2, 0) is 11.2 Å². The largest absolute Gasteiger partial charge is 0.481 e. The third-order valence-electron chi connectivity index (χ3n) is 3.34. The number of hydrogen-bond acceptors (Lipinski definition) is 1. The van der Waals surface area contributed by atoms with Crippen molar-refractivity contribution in [3.05, 3.63) is 35.4 Å². The van der Waals surface area contributed by atoms with Crippen molar-refractivity contribution in [2.24, 2.45) is 11.8 Å². The van der Waals surface area contributed by atoms with Gasteiger partial charge in [-0.3, -0.25) is 4.79 Å². The molecule has 0 aliphatic carbocycles. The van der Waals surface area contributed by atoms with Gasteiger partial charge in [0.05, 0.1) is 5.92 Å². The van der Waals surface area contributed by atoms with E-state index in [-0.39, 0.29) is 11.8 Å². The predicted octanol–water partition coefficient (Wildman–Crippen LogP) is 3.67. The molecule has 0 amide bonds. The molecule has 17 heavy (non-hydrogen) atoms. The molecule has 1 unspecified atom stereocenters. The molecule has 1 aromatic carbocycles. The normalized spacial score (nSPS) is 12.7. The van der Waals surface area contributed by atoms with Crippen LogP contribution in [0.25, 0.3) is 0 Å². The maximum atomic E-state index is 11.1. The second-order valence-electron chi connectivity index (χ2n) is 5.01. The van der Waals surface area contributed by atoms with E-state index < -0.39 is 5.97 Å². The molecule has 1 rings (SSSR count). The van der Waals surface area contributed by atoms with Gasteiger partial charge in [-0.1, -0.05) is 38.1 Å². The number of benzene rings is 1. The van der Waals surface area contributed by atoms with E-state index >= 15 is 0 Å². The highest BCUT2D eigenvalue weighted by Crippen LogP contribution is 2.19. The van der Waals surface area contributed by atoms with E-state index in [1.807, 2.05) is 26.0 Å². The lowest BCUT2D eigenvalue weighted by Crippen LogP contribution is -2.19. The average molecular weight is 234 g/mol. The zero-order chi connectivity index (χ0) is 12.8. The van der Waals surface area contributed by atoms with Crippen LogP contribution < -0.4 is 0 Å². The smallest absolute Gasteiger partial charge is 0.306 e. The maximum Gasteiger partial charge on any atom is 0.306 e. The number of hydrogen-bond donors (Lipinski definition) is 1. The zero-order valence-corrected chi connectivity index (χ0v) is 10.9. The van der Waals surface area contributed by atoms with Gasteiger partial charge in [-0.25, -0.2) is 0 Å². The molecule has 2 heteroatoms. The summed E-state index contributed by atoms with van der Waals surface area (Å²) in [6, 6.07) is 8.30. The van der Waals surface area contributed by atoms with Crippen LogP contribution in [0.5, 0.6) is 0 Å². The summed E-state index contributed by atoms with van der Waals surface area (Å²) in [7, 11) is 0. The first-order valence-electron chi connectivity index (χ1n) is 6.29. The van der Waals surface area contributed by atoms with Crippen molar-refractivity contribution >= 4 is 5.97 Å². The first kappa shape index (κ1) is 13.8. The van der Waals surface area contributed by atoms with E-state index in [9.17, 15) is 4.79 Å². The Balaban J connectivity index is 2.47. The molecule has 0 aromatic heterocycles. The van der Waals surface area contributed by atoms with Gasteiger partial charge >= 0.3 is 5.97 Å². The van der Waals surface area contributed by atoms with Crippen LogP contribution in [0.3, 0.4) is 0 Å². The quantitative estimate of drug-likeness (QED) is 0.815. The molecule has 1 aromatic rings. The first-order chi connectivity index (χ1) is 8.02. The highest BCUT2D eigenvalue weighted by atomic mass is 16.4.